The van der Waals surface area contributed by atoms with Gasteiger partial charge in [-0.3, -0.25) is 4.39 Å². The van der Waals surface area contributed by atoms with Gasteiger partial charge in [0.05, 0.1) is 7.18 Å². The van der Waals surface area contributed by atoms with Gasteiger partial charge in [-0.1, -0.05) is 0 Å². The van der Waals surface area contributed by atoms with E-state index >= 15 is 0 Å². The highest BCUT2D eigenvalue weighted by atomic mass is 31.0. The second kappa shape index (κ2) is 5.18. The van der Waals surface area contributed by atoms with E-state index in [9.17, 15) is 17.6 Å². The Balaban J connectivity index is 0.000000671. The first kappa shape index (κ1) is 12.4. The summed E-state index contributed by atoms with van der Waals surface area (Å²) in [6, 6.07) is 0.532. The van der Waals surface area contributed by atoms with Crippen LogP contribution in [0, 0.1) is 24.4 Å². The molecule has 1 aromatic carbocycles. The van der Waals surface area contributed by atoms with Crippen LogP contribution in [0.3, 0.4) is 0 Å². The van der Waals surface area contributed by atoms with Gasteiger partial charge in [-0.15, -0.1) is 9.24 Å². The maximum atomic E-state index is 12.6. The van der Waals surface area contributed by atoms with Gasteiger partial charge in [0.25, 0.3) is 0 Å². The summed E-state index contributed by atoms with van der Waals surface area (Å²) >= 11 is 0. The molecule has 74 valence electrons. The second-order valence-corrected chi connectivity index (χ2v) is 2.77. The van der Waals surface area contributed by atoms with Crippen LogP contribution < -0.4 is 5.30 Å². The van der Waals surface area contributed by atoms with E-state index < -0.39 is 17.5 Å². The van der Waals surface area contributed by atoms with Crippen LogP contribution in [0.1, 0.15) is 5.56 Å². The summed E-state index contributed by atoms with van der Waals surface area (Å²) in [6.45, 7) is 1.32. The predicted octanol–water partition coefficient (Wildman–Crippen LogP) is 2.50. The lowest BCUT2D eigenvalue weighted by Gasteiger charge is -2.02. The van der Waals surface area contributed by atoms with Crippen molar-refractivity contribution in [3.8, 4) is 0 Å². The minimum atomic E-state index is -1.15. The van der Waals surface area contributed by atoms with Crippen molar-refractivity contribution in [2.45, 2.75) is 6.92 Å². The minimum absolute atomic E-state index is 0.00694. The van der Waals surface area contributed by atoms with E-state index in [0.29, 0.717) is 13.2 Å². The lowest BCUT2D eigenvalue weighted by molar-refractivity contribution is 0.492. The fourth-order valence-corrected chi connectivity index (χ4v) is 0.939. The molecule has 0 nitrogen and oxygen atoms in total. The molecule has 0 heterocycles. The van der Waals surface area contributed by atoms with Crippen molar-refractivity contribution in [3.05, 3.63) is 29.1 Å². The molecule has 0 N–H and O–H groups in total. The summed E-state index contributed by atoms with van der Waals surface area (Å²) in [5, 5.41) is 0.0731. The third kappa shape index (κ3) is 2.66. The Bertz CT molecular complexity index is 272. The number of hydrogen-bond acceptors (Lipinski definition) is 0. The van der Waals surface area contributed by atoms with Gasteiger partial charge in [-0.25, -0.2) is 13.2 Å². The van der Waals surface area contributed by atoms with E-state index in [1.54, 1.807) is 0 Å². The van der Waals surface area contributed by atoms with Gasteiger partial charge in [-0.2, -0.15) is 0 Å². The SMILES string of the molecule is CF.Cc1c(F)c(F)cc(F)c1P. The molecule has 0 aromatic heterocycles. The molecule has 0 amide bonds. The molecule has 0 aliphatic carbocycles. The molecule has 5 heteroatoms. The van der Waals surface area contributed by atoms with E-state index in [0.717, 1.165) is 0 Å². The summed E-state index contributed by atoms with van der Waals surface area (Å²) in [6.07, 6.45) is 0. The van der Waals surface area contributed by atoms with E-state index in [4.69, 9.17) is 0 Å². The van der Waals surface area contributed by atoms with Gasteiger partial charge in [-0.05, 0) is 12.5 Å². The van der Waals surface area contributed by atoms with Crippen molar-refractivity contribution >= 4 is 14.5 Å². The number of rotatable bonds is 0. The minimum Gasteiger partial charge on any atom is -0.255 e. The van der Waals surface area contributed by atoms with Crippen molar-refractivity contribution in [1.82, 2.24) is 0 Å². The van der Waals surface area contributed by atoms with Crippen LogP contribution in [-0.4, -0.2) is 7.18 Å². The molecule has 1 atom stereocenters. The third-order valence-corrected chi connectivity index (χ3v) is 2.16. The topological polar surface area (TPSA) is 0 Å². The molecule has 13 heavy (non-hydrogen) atoms. The third-order valence-electron chi connectivity index (χ3n) is 1.45. The standard InChI is InChI=1S/C7H6F3P.CH3F/c1-3-6(10)4(8)2-5(9)7(3)11;1-2/h2H,11H2,1H3;1H3. The van der Waals surface area contributed by atoms with Crippen LogP contribution in [0.2, 0.25) is 0 Å². The summed E-state index contributed by atoms with van der Waals surface area (Å²) in [5.74, 6) is -2.88. The molecular formula is C8H9F4P. The molecule has 0 bridgehead atoms. The molecule has 0 radical (unpaired) electrons. The molecule has 0 saturated heterocycles. The van der Waals surface area contributed by atoms with Crippen LogP contribution in [-0.2, 0) is 0 Å². The Morgan fingerprint density at radius 2 is 1.54 bits per heavy atom. The Morgan fingerprint density at radius 3 is 2.00 bits per heavy atom. The smallest absolute Gasteiger partial charge is 0.162 e. The van der Waals surface area contributed by atoms with Gasteiger partial charge < -0.3 is 0 Å². The van der Waals surface area contributed by atoms with Crippen LogP contribution >= 0.6 is 9.24 Å². The first-order valence-electron chi connectivity index (χ1n) is 3.31. The van der Waals surface area contributed by atoms with E-state index in [-0.39, 0.29) is 10.9 Å². The zero-order valence-electron chi connectivity index (χ0n) is 7.17. The Kier molecular flexibility index (Phi) is 4.92. The maximum Gasteiger partial charge on any atom is 0.162 e. The van der Waals surface area contributed by atoms with Gasteiger partial charge in [0, 0.05) is 11.4 Å². The fraction of sp³-hybridized carbons (Fsp3) is 0.250. The second-order valence-electron chi connectivity index (χ2n) is 2.19. The zero-order valence-corrected chi connectivity index (χ0v) is 8.32. The highest BCUT2D eigenvalue weighted by Gasteiger charge is 2.11. The van der Waals surface area contributed by atoms with Gasteiger partial charge >= 0.3 is 0 Å². The molecular weight excluding hydrogens is 203 g/mol. The summed E-state index contributed by atoms with van der Waals surface area (Å²) < 4.78 is 47.1. The van der Waals surface area contributed by atoms with E-state index in [1.165, 1.54) is 6.92 Å². The Labute approximate surface area is 76.2 Å². The largest absolute Gasteiger partial charge is 0.255 e. The highest BCUT2D eigenvalue weighted by Crippen LogP contribution is 2.13. The average Bonchev–Trinajstić information content (AvgIpc) is 2.15. The molecule has 0 aliphatic rings. The number of halogens is 4. The van der Waals surface area contributed by atoms with Gasteiger partial charge in [0.15, 0.2) is 11.6 Å². The molecule has 0 spiro atoms. The van der Waals surface area contributed by atoms with Crippen molar-refractivity contribution in [2.24, 2.45) is 0 Å². The lowest BCUT2D eigenvalue weighted by atomic mass is 10.2. The van der Waals surface area contributed by atoms with Crippen LogP contribution in [0.4, 0.5) is 17.6 Å². The van der Waals surface area contributed by atoms with Crippen LogP contribution in [0.15, 0.2) is 6.07 Å². The molecule has 1 rings (SSSR count). The van der Waals surface area contributed by atoms with Crippen molar-refractivity contribution in [3.63, 3.8) is 0 Å². The number of benzene rings is 1. The molecule has 1 aromatic rings. The molecule has 0 saturated carbocycles. The summed E-state index contributed by atoms with van der Waals surface area (Å²) in [7, 11) is 2.52. The quantitative estimate of drug-likeness (QED) is 0.352. The Morgan fingerprint density at radius 1 is 1.08 bits per heavy atom. The average molecular weight is 212 g/mol. The lowest BCUT2D eigenvalue weighted by Crippen LogP contribution is -2.08. The molecule has 1 unspecified atom stereocenters. The number of hydrogen-bond donors (Lipinski definition) is 0. The van der Waals surface area contributed by atoms with Gasteiger partial charge in [0.1, 0.15) is 5.82 Å². The first-order valence-corrected chi connectivity index (χ1v) is 3.89. The van der Waals surface area contributed by atoms with Gasteiger partial charge in [0.2, 0.25) is 0 Å². The fourth-order valence-electron chi connectivity index (χ4n) is 0.729. The first-order chi connectivity index (χ1) is 6.04. The number of alkyl halides is 1. The van der Waals surface area contributed by atoms with Crippen molar-refractivity contribution in [1.29, 1.82) is 0 Å². The summed E-state index contributed by atoms with van der Waals surface area (Å²) in [4.78, 5) is 0. The normalized spacial score (nSPS) is 9.15. The van der Waals surface area contributed by atoms with Crippen LogP contribution in [0.25, 0.3) is 0 Å². The van der Waals surface area contributed by atoms with E-state index in [2.05, 4.69) is 0 Å². The molecule has 0 fully saturated rings. The zero-order chi connectivity index (χ0) is 10.6. The van der Waals surface area contributed by atoms with Crippen LogP contribution in [0.5, 0.6) is 0 Å². The van der Waals surface area contributed by atoms with Crippen molar-refractivity contribution in [2.75, 3.05) is 7.18 Å². The highest BCUT2D eigenvalue weighted by molar-refractivity contribution is 7.27. The molecule has 0 aliphatic heterocycles. The predicted molar refractivity (Wildman–Crippen MR) is 47.4 cm³/mol. The van der Waals surface area contributed by atoms with E-state index in [1.807, 2.05) is 9.24 Å². The maximum absolute atomic E-state index is 12.6. The Hall–Kier alpha value is -0.630. The summed E-state index contributed by atoms with van der Waals surface area (Å²) in [5.41, 5.74) is -0.00694. The van der Waals surface area contributed by atoms with Crippen molar-refractivity contribution < 1.29 is 17.6 Å². The monoisotopic (exact) mass is 212 g/mol.